The molecule has 0 bridgehead atoms. The highest BCUT2D eigenvalue weighted by Crippen LogP contribution is 2.28. The Morgan fingerprint density at radius 2 is 2.10 bits per heavy atom. The summed E-state index contributed by atoms with van der Waals surface area (Å²) in [7, 11) is 0. The van der Waals surface area contributed by atoms with Crippen LogP contribution in [0.2, 0.25) is 0 Å². The second kappa shape index (κ2) is 6.62. The molecule has 0 saturated carbocycles. The SMILES string of the molecule is CCOc1cc(C#N)ccc1OCc1nccn1CC. The van der Waals surface area contributed by atoms with Gasteiger partial charge >= 0.3 is 0 Å². The third-order valence-corrected chi connectivity index (χ3v) is 2.87. The lowest BCUT2D eigenvalue weighted by Gasteiger charge is -2.12. The van der Waals surface area contributed by atoms with Crippen LogP contribution in [0.1, 0.15) is 25.2 Å². The minimum atomic E-state index is 0.368. The standard InChI is InChI=1S/C15H17N3O2/c1-3-18-8-7-17-15(18)11-20-13-6-5-12(10-16)9-14(13)19-4-2/h5-9H,3-4,11H2,1-2H3. The lowest BCUT2D eigenvalue weighted by atomic mass is 10.2. The van der Waals surface area contributed by atoms with E-state index >= 15 is 0 Å². The van der Waals surface area contributed by atoms with Crippen LogP contribution in [0.5, 0.6) is 11.5 Å². The van der Waals surface area contributed by atoms with Gasteiger partial charge in [-0.2, -0.15) is 5.26 Å². The Bertz CT molecular complexity index is 614. The van der Waals surface area contributed by atoms with Gasteiger partial charge in [0.05, 0.1) is 18.2 Å². The first kappa shape index (κ1) is 13.9. The molecule has 0 radical (unpaired) electrons. The fourth-order valence-corrected chi connectivity index (χ4v) is 1.88. The molecular formula is C15H17N3O2. The average molecular weight is 271 g/mol. The monoisotopic (exact) mass is 271 g/mol. The summed E-state index contributed by atoms with van der Waals surface area (Å²) in [6.45, 7) is 5.69. The zero-order valence-corrected chi connectivity index (χ0v) is 11.7. The molecule has 0 atom stereocenters. The van der Waals surface area contributed by atoms with Gasteiger partial charge in [-0.3, -0.25) is 0 Å². The molecule has 104 valence electrons. The Hall–Kier alpha value is -2.48. The Morgan fingerprint density at radius 1 is 1.25 bits per heavy atom. The topological polar surface area (TPSA) is 60.1 Å². The van der Waals surface area contributed by atoms with E-state index in [0.29, 0.717) is 30.3 Å². The van der Waals surface area contributed by atoms with Gasteiger partial charge in [-0.05, 0) is 26.0 Å². The van der Waals surface area contributed by atoms with Crippen molar-refractivity contribution in [1.29, 1.82) is 5.26 Å². The third kappa shape index (κ3) is 3.09. The van der Waals surface area contributed by atoms with E-state index in [1.165, 1.54) is 0 Å². The summed E-state index contributed by atoms with van der Waals surface area (Å²) in [6, 6.07) is 7.24. The molecule has 0 unspecified atom stereocenters. The molecule has 0 saturated heterocycles. The minimum Gasteiger partial charge on any atom is -0.490 e. The first-order valence-electron chi connectivity index (χ1n) is 6.58. The minimum absolute atomic E-state index is 0.368. The van der Waals surface area contributed by atoms with Gasteiger partial charge in [0.25, 0.3) is 0 Å². The van der Waals surface area contributed by atoms with Gasteiger partial charge in [0.15, 0.2) is 11.5 Å². The van der Waals surface area contributed by atoms with E-state index < -0.39 is 0 Å². The number of nitrogens with zero attached hydrogens (tertiary/aromatic N) is 3. The molecule has 0 aliphatic heterocycles. The number of hydrogen-bond acceptors (Lipinski definition) is 4. The van der Waals surface area contributed by atoms with Crippen molar-refractivity contribution in [1.82, 2.24) is 9.55 Å². The Labute approximate surface area is 118 Å². The number of aromatic nitrogens is 2. The summed E-state index contributed by atoms with van der Waals surface area (Å²) >= 11 is 0. The maximum atomic E-state index is 8.91. The molecule has 0 fully saturated rings. The summed E-state index contributed by atoms with van der Waals surface area (Å²) in [5.41, 5.74) is 0.552. The number of rotatable bonds is 6. The maximum absolute atomic E-state index is 8.91. The second-order valence-corrected chi connectivity index (χ2v) is 4.12. The van der Waals surface area contributed by atoms with Crippen LogP contribution < -0.4 is 9.47 Å². The van der Waals surface area contributed by atoms with E-state index in [0.717, 1.165) is 12.4 Å². The highest BCUT2D eigenvalue weighted by molar-refractivity contribution is 5.46. The van der Waals surface area contributed by atoms with Crippen molar-refractivity contribution in [2.24, 2.45) is 0 Å². The second-order valence-electron chi connectivity index (χ2n) is 4.12. The molecule has 20 heavy (non-hydrogen) atoms. The fourth-order valence-electron chi connectivity index (χ4n) is 1.88. The molecule has 2 aromatic rings. The molecule has 0 spiro atoms. The smallest absolute Gasteiger partial charge is 0.162 e. The van der Waals surface area contributed by atoms with Crippen LogP contribution >= 0.6 is 0 Å². The fraction of sp³-hybridized carbons (Fsp3) is 0.333. The van der Waals surface area contributed by atoms with Gasteiger partial charge in [-0.1, -0.05) is 0 Å². The van der Waals surface area contributed by atoms with Crippen molar-refractivity contribution in [3.63, 3.8) is 0 Å². The maximum Gasteiger partial charge on any atom is 0.162 e. The van der Waals surface area contributed by atoms with E-state index in [-0.39, 0.29) is 0 Å². The zero-order valence-electron chi connectivity index (χ0n) is 11.7. The molecule has 2 rings (SSSR count). The zero-order chi connectivity index (χ0) is 14.4. The van der Waals surface area contributed by atoms with Crippen LogP contribution in [0.3, 0.4) is 0 Å². The highest BCUT2D eigenvalue weighted by Gasteiger charge is 2.08. The van der Waals surface area contributed by atoms with Crippen LogP contribution in [0.4, 0.5) is 0 Å². The molecular weight excluding hydrogens is 254 g/mol. The number of hydrogen-bond donors (Lipinski definition) is 0. The lowest BCUT2D eigenvalue weighted by molar-refractivity contribution is 0.259. The van der Waals surface area contributed by atoms with E-state index in [1.54, 1.807) is 24.4 Å². The Balaban J connectivity index is 2.14. The van der Waals surface area contributed by atoms with Gasteiger partial charge in [0.1, 0.15) is 12.4 Å². The van der Waals surface area contributed by atoms with Crippen molar-refractivity contribution < 1.29 is 9.47 Å². The summed E-state index contributed by atoms with van der Waals surface area (Å²) < 4.78 is 13.3. The quantitative estimate of drug-likeness (QED) is 0.810. The molecule has 1 aromatic heterocycles. The molecule has 5 nitrogen and oxygen atoms in total. The lowest BCUT2D eigenvalue weighted by Crippen LogP contribution is -2.06. The van der Waals surface area contributed by atoms with Crippen LogP contribution in [0.15, 0.2) is 30.6 Å². The van der Waals surface area contributed by atoms with Gasteiger partial charge in [-0.25, -0.2) is 4.98 Å². The van der Waals surface area contributed by atoms with E-state index in [1.807, 2.05) is 17.7 Å². The molecule has 0 aliphatic rings. The van der Waals surface area contributed by atoms with Crippen LogP contribution in [0, 0.1) is 11.3 Å². The van der Waals surface area contributed by atoms with E-state index in [9.17, 15) is 0 Å². The summed E-state index contributed by atoms with van der Waals surface area (Å²) in [5.74, 6) is 2.07. The summed E-state index contributed by atoms with van der Waals surface area (Å²) in [6.07, 6.45) is 3.67. The number of benzene rings is 1. The summed E-state index contributed by atoms with van der Waals surface area (Å²) in [4.78, 5) is 4.26. The first-order chi connectivity index (χ1) is 9.78. The summed E-state index contributed by atoms with van der Waals surface area (Å²) in [5, 5.41) is 8.91. The number of ether oxygens (including phenoxy) is 2. The normalized spacial score (nSPS) is 10.1. The third-order valence-electron chi connectivity index (χ3n) is 2.87. The van der Waals surface area contributed by atoms with Crippen molar-refractivity contribution in [2.75, 3.05) is 6.61 Å². The number of imidazole rings is 1. The highest BCUT2D eigenvalue weighted by atomic mass is 16.5. The van der Waals surface area contributed by atoms with Crippen molar-refractivity contribution in [2.45, 2.75) is 27.0 Å². The largest absolute Gasteiger partial charge is 0.490 e. The number of aryl methyl sites for hydroxylation is 1. The van der Waals surface area contributed by atoms with Crippen molar-refractivity contribution >= 4 is 0 Å². The van der Waals surface area contributed by atoms with Gasteiger partial charge in [0, 0.05) is 25.0 Å². The Kier molecular flexibility index (Phi) is 4.61. The van der Waals surface area contributed by atoms with E-state index in [4.69, 9.17) is 14.7 Å². The van der Waals surface area contributed by atoms with Gasteiger partial charge < -0.3 is 14.0 Å². The molecule has 0 amide bonds. The predicted molar refractivity (Wildman–Crippen MR) is 74.6 cm³/mol. The predicted octanol–water partition coefficient (Wildman–Crippen LogP) is 2.75. The van der Waals surface area contributed by atoms with Crippen LogP contribution in [-0.4, -0.2) is 16.2 Å². The van der Waals surface area contributed by atoms with Crippen LogP contribution in [0.25, 0.3) is 0 Å². The molecule has 0 aliphatic carbocycles. The molecule has 5 heteroatoms. The van der Waals surface area contributed by atoms with Gasteiger partial charge in [0.2, 0.25) is 0 Å². The number of nitriles is 1. The van der Waals surface area contributed by atoms with Crippen LogP contribution in [-0.2, 0) is 13.2 Å². The van der Waals surface area contributed by atoms with Gasteiger partial charge in [-0.15, -0.1) is 0 Å². The molecule has 1 heterocycles. The van der Waals surface area contributed by atoms with Crippen molar-refractivity contribution in [3.8, 4) is 17.6 Å². The Morgan fingerprint density at radius 3 is 2.80 bits per heavy atom. The average Bonchev–Trinajstić information content (AvgIpc) is 2.93. The molecule has 0 N–H and O–H groups in total. The van der Waals surface area contributed by atoms with Crippen molar-refractivity contribution in [3.05, 3.63) is 42.0 Å². The first-order valence-corrected chi connectivity index (χ1v) is 6.58. The molecule has 1 aromatic carbocycles. The van der Waals surface area contributed by atoms with E-state index in [2.05, 4.69) is 18.0 Å².